The van der Waals surface area contributed by atoms with Crippen molar-refractivity contribution in [2.75, 3.05) is 26.2 Å². The molecular formula is C22H23Cl3N2O. The van der Waals surface area contributed by atoms with Crippen LogP contribution in [0.3, 0.4) is 0 Å². The Balaban J connectivity index is 1.58. The van der Waals surface area contributed by atoms with Gasteiger partial charge in [0.25, 0.3) is 0 Å². The Hall–Kier alpha value is -1.26. The highest BCUT2D eigenvalue weighted by molar-refractivity contribution is 6.42. The molecular weight excluding hydrogens is 415 g/mol. The highest BCUT2D eigenvalue weighted by atomic mass is 35.5. The Bertz CT molecular complexity index is 880. The van der Waals surface area contributed by atoms with E-state index >= 15 is 0 Å². The van der Waals surface area contributed by atoms with Crippen LogP contribution < -0.4 is 0 Å². The van der Waals surface area contributed by atoms with Crippen molar-refractivity contribution in [2.45, 2.75) is 31.7 Å². The van der Waals surface area contributed by atoms with Gasteiger partial charge in [-0.05, 0) is 73.3 Å². The normalized spacial score (nSPS) is 19.7. The maximum atomic E-state index is 13.2. The lowest BCUT2D eigenvalue weighted by Gasteiger charge is -2.39. The van der Waals surface area contributed by atoms with Crippen LogP contribution in [0.1, 0.15) is 35.6 Å². The van der Waals surface area contributed by atoms with E-state index in [1.54, 1.807) is 12.1 Å². The largest absolute Gasteiger partial charge is 0.334 e. The molecule has 6 heteroatoms. The first-order valence-corrected chi connectivity index (χ1v) is 10.9. The molecule has 3 nitrogen and oxygen atoms in total. The van der Waals surface area contributed by atoms with E-state index in [0.29, 0.717) is 23.0 Å². The highest BCUT2D eigenvalue weighted by Gasteiger charge is 2.32. The summed E-state index contributed by atoms with van der Waals surface area (Å²) in [5, 5.41) is 1.75. The number of rotatable bonds is 4. The highest BCUT2D eigenvalue weighted by Crippen LogP contribution is 2.33. The Labute approximate surface area is 181 Å². The van der Waals surface area contributed by atoms with E-state index in [0.717, 1.165) is 36.6 Å². The topological polar surface area (TPSA) is 23.6 Å². The Morgan fingerprint density at radius 3 is 2.50 bits per heavy atom. The molecule has 2 aromatic rings. The molecule has 1 atom stereocenters. The average molecular weight is 438 g/mol. The predicted octanol–water partition coefficient (Wildman–Crippen LogP) is 5.41. The minimum Gasteiger partial charge on any atom is -0.334 e. The molecule has 0 bridgehead atoms. The van der Waals surface area contributed by atoms with Crippen LogP contribution >= 0.6 is 34.8 Å². The Kier molecular flexibility index (Phi) is 6.17. The molecule has 0 saturated carbocycles. The van der Waals surface area contributed by atoms with Crippen LogP contribution in [0.5, 0.6) is 0 Å². The third kappa shape index (κ3) is 4.33. The van der Waals surface area contributed by atoms with Gasteiger partial charge < -0.3 is 9.80 Å². The number of amides is 1. The van der Waals surface area contributed by atoms with Gasteiger partial charge in [-0.3, -0.25) is 4.79 Å². The molecule has 1 unspecified atom stereocenters. The molecule has 1 fully saturated rings. The van der Waals surface area contributed by atoms with Crippen LogP contribution in [0.25, 0.3) is 0 Å². The summed E-state index contributed by atoms with van der Waals surface area (Å²) in [6.07, 6.45) is 3.63. The molecule has 2 aromatic carbocycles. The fourth-order valence-electron chi connectivity index (χ4n) is 4.31. The van der Waals surface area contributed by atoms with Gasteiger partial charge in [0, 0.05) is 18.1 Å². The summed E-state index contributed by atoms with van der Waals surface area (Å²) in [6.45, 7) is 3.80. The van der Waals surface area contributed by atoms with Gasteiger partial charge in [-0.1, -0.05) is 46.9 Å². The summed E-state index contributed by atoms with van der Waals surface area (Å²) in [7, 11) is 0. The number of nitrogens with zero attached hydrogens (tertiary/aromatic N) is 2. The average Bonchev–Trinajstić information content (AvgIpc) is 3.18. The van der Waals surface area contributed by atoms with E-state index in [1.165, 1.54) is 24.0 Å². The first-order chi connectivity index (χ1) is 13.5. The van der Waals surface area contributed by atoms with Crippen LogP contribution in [-0.2, 0) is 17.6 Å². The van der Waals surface area contributed by atoms with Crippen LogP contribution in [-0.4, -0.2) is 41.9 Å². The third-order valence-corrected chi connectivity index (χ3v) is 6.73. The summed E-state index contributed by atoms with van der Waals surface area (Å²) < 4.78 is 0. The van der Waals surface area contributed by atoms with Gasteiger partial charge in [-0.15, -0.1) is 0 Å². The lowest BCUT2D eigenvalue weighted by Crippen LogP contribution is -2.45. The molecule has 2 aliphatic heterocycles. The summed E-state index contributed by atoms with van der Waals surface area (Å²) in [5.74, 6) is 0.128. The van der Waals surface area contributed by atoms with Crippen molar-refractivity contribution in [1.82, 2.24) is 9.80 Å². The fraction of sp³-hybridized carbons (Fsp3) is 0.409. The van der Waals surface area contributed by atoms with Crippen molar-refractivity contribution in [3.05, 3.63) is 68.2 Å². The Morgan fingerprint density at radius 2 is 1.75 bits per heavy atom. The minimum absolute atomic E-state index is 0.0642. The zero-order valence-electron chi connectivity index (χ0n) is 15.6. The summed E-state index contributed by atoms with van der Waals surface area (Å²) in [5.41, 5.74) is 3.38. The number of benzene rings is 2. The fourth-order valence-corrected chi connectivity index (χ4v) is 4.83. The zero-order chi connectivity index (χ0) is 19.7. The molecule has 0 aliphatic carbocycles. The quantitative estimate of drug-likeness (QED) is 0.638. The minimum atomic E-state index is 0.0642. The maximum Gasteiger partial charge on any atom is 0.227 e. The van der Waals surface area contributed by atoms with Gasteiger partial charge in [0.05, 0.1) is 22.5 Å². The van der Waals surface area contributed by atoms with Gasteiger partial charge in [-0.25, -0.2) is 0 Å². The zero-order valence-corrected chi connectivity index (χ0v) is 17.9. The second-order valence-electron chi connectivity index (χ2n) is 7.63. The number of halogens is 3. The second kappa shape index (κ2) is 8.62. The molecule has 28 heavy (non-hydrogen) atoms. The van der Waals surface area contributed by atoms with Crippen LogP contribution in [0.15, 0.2) is 36.4 Å². The van der Waals surface area contributed by atoms with Crippen molar-refractivity contribution in [3.63, 3.8) is 0 Å². The molecule has 2 aliphatic rings. The van der Waals surface area contributed by atoms with E-state index < -0.39 is 0 Å². The van der Waals surface area contributed by atoms with Crippen LogP contribution in [0.2, 0.25) is 15.1 Å². The van der Waals surface area contributed by atoms with Gasteiger partial charge in [0.1, 0.15) is 0 Å². The molecule has 0 N–H and O–H groups in total. The predicted molar refractivity (Wildman–Crippen MR) is 115 cm³/mol. The van der Waals surface area contributed by atoms with E-state index in [4.69, 9.17) is 34.8 Å². The smallest absolute Gasteiger partial charge is 0.227 e. The van der Waals surface area contributed by atoms with Gasteiger partial charge >= 0.3 is 0 Å². The SMILES string of the molecule is O=C(Cc1ccc(Cl)c(Cl)c1)N1CCc2cc(Cl)ccc2C1CN1CCCC1. The Morgan fingerprint density at radius 1 is 0.964 bits per heavy atom. The van der Waals surface area contributed by atoms with Crippen LogP contribution in [0, 0.1) is 0 Å². The number of fused-ring (bicyclic) bond motifs is 1. The summed E-state index contributed by atoms with van der Waals surface area (Å²) in [6, 6.07) is 11.6. The number of hydrogen-bond acceptors (Lipinski definition) is 2. The first kappa shape index (κ1) is 20.0. The first-order valence-electron chi connectivity index (χ1n) is 9.75. The molecule has 0 radical (unpaired) electrons. The molecule has 148 valence electrons. The van der Waals surface area contributed by atoms with Gasteiger partial charge in [-0.2, -0.15) is 0 Å². The lowest BCUT2D eigenvalue weighted by atomic mass is 9.91. The molecule has 1 amide bonds. The van der Waals surface area contributed by atoms with Gasteiger partial charge in [0.2, 0.25) is 5.91 Å². The lowest BCUT2D eigenvalue weighted by molar-refractivity contribution is -0.133. The van der Waals surface area contributed by atoms with Crippen molar-refractivity contribution < 1.29 is 4.79 Å². The molecule has 4 rings (SSSR count). The van der Waals surface area contributed by atoms with Crippen molar-refractivity contribution in [3.8, 4) is 0 Å². The van der Waals surface area contributed by atoms with E-state index in [-0.39, 0.29) is 11.9 Å². The van der Waals surface area contributed by atoms with Gasteiger partial charge in [0.15, 0.2) is 0 Å². The van der Waals surface area contributed by atoms with E-state index in [2.05, 4.69) is 17.0 Å². The maximum absolute atomic E-state index is 13.2. The number of carbonyl (C=O) groups excluding carboxylic acids is 1. The monoisotopic (exact) mass is 436 g/mol. The number of hydrogen-bond donors (Lipinski definition) is 0. The van der Waals surface area contributed by atoms with Crippen molar-refractivity contribution in [2.24, 2.45) is 0 Å². The molecule has 1 saturated heterocycles. The molecule has 0 aromatic heterocycles. The van der Waals surface area contributed by atoms with Crippen molar-refractivity contribution in [1.29, 1.82) is 0 Å². The molecule has 2 heterocycles. The standard InChI is InChI=1S/C22H23Cl3N2O/c23-17-4-5-18-16(13-17)7-10-27(21(18)14-26-8-1-2-9-26)22(28)12-15-3-6-19(24)20(25)11-15/h3-6,11,13,21H,1-2,7-10,12,14H2. The van der Waals surface area contributed by atoms with Crippen molar-refractivity contribution >= 4 is 40.7 Å². The van der Waals surface area contributed by atoms with Crippen LogP contribution in [0.4, 0.5) is 0 Å². The molecule has 0 spiro atoms. The summed E-state index contributed by atoms with van der Waals surface area (Å²) in [4.78, 5) is 17.7. The second-order valence-corrected chi connectivity index (χ2v) is 8.88. The number of carbonyl (C=O) groups is 1. The third-order valence-electron chi connectivity index (χ3n) is 5.75. The number of likely N-dealkylation sites (tertiary alicyclic amines) is 1. The van der Waals surface area contributed by atoms with E-state index in [9.17, 15) is 4.79 Å². The van der Waals surface area contributed by atoms with E-state index in [1.807, 2.05) is 17.0 Å². The summed E-state index contributed by atoms with van der Waals surface area (Å²) >= 11 is 18.4.